The second kappa shape index (κ2) is 9.33. The third kappa shape index (κ3) is 7.08. The lowest BCUT2D eigenvalue weighted by Gasteiger charge is -2.13. The molecule has 0 aliphatic carbocycles. The van der Waals surface area contributed by atoms with Crippen LogP contribution < -0.4 is 16.0 Å². The molecule has 0 bridgehead atoms. The van der Waals surface area contributed by atoms with Crippen LogP contribution in [0.4, 0.5) is 0 Å². The predicted octanol–water partition coefficient (Wildman–Crippen LogP) is 1.42. The highest BCUT2D eigenvalue weighted by Gasteiger charge is 2.06. The Kier molecular flexibility index (Phi) is 7.74. The molecular formula is C14H25N5OS. The van der Waals surface area contributed by atoms with Gasteiger partial charge in [-0.1, -0.05) is 6.92 Å². The van der Waals surface area contributed by atoms with Gasteiger partial charge in [-0.05, 0) is 20.3 Å². The highest BCUT2D eigenvalue weighted by atomic mass is 32.1. The van der Waals surface area contributed by atoms with Crippen molar-refractivity contribution in [2.45, 2.75) is 46.2 Å². The van der Waals surface area contributed by atoms with Gasteiger partial charge in [0.25, 0.3) is 0 Å². The second-order valence-electron chi connectivity index (χ2n) is 4.84. The third-order valence-electron chi connectivity index (χ3n) is 2.96. The van der Waals surface area contributed by atoms with E-state index >= 15 is 0 Å². The van der Waals surface area contributed by atoms with E-state index in [1.165, 1.54) is 4.88 Å². The molecule has 7 heteroatoms. The van der Waals surface area contributed by atoms with Gasteiger partial charge in [0.2, 0.25) is 5.91 Å². The molecule has 0 saturated carbocycles. The molecule has 0 spiro atoms. The average Bonchev–Trinajstić information content (AvgIpc) is 2.88. The van der Waals surface area contributed by atoms with Crippen molar-refractivity contribution < 1.29 is 4.79 Å². The molecule has 1 heterocycles. The number of thiazole rings is 1. The minimum Gasteiger partial charge on any atom is -0.356 e. The van der Waals surface area contributed by atoms with Crippen molar-refractivity contribution in [1.82, 2.24) is 20.9 Å². The monoisotopic (exact) mass is 311 g/mol. The van der Waals surface area contributed by atoms with Crippen LogP contribution in [0.5, 0.6) is 0 Å². The summed E-state index contributed by atoms with van der Waals surface area (Å²) in [6.07, 6.45) is 3.23. The first kappa shape index (κ1) is 17.4. The van der Waals surface area contributed by atoms with Gasteiger partial charge >= 0.3 is 0 Å². The maximum atomic E-state index is 11.6. The number of carbonyl (C=O) groups excluding carboxylic acids is 1. The van der Waals surface area contributed by atoms with Gasteiger partial charge in [0, 0.05) is 37.1 Å². The van der Waals surface area contributed by atoms with E-state index in [2.05, 4.69) is 32.9 Å². The number of carbonyl (C=O) groups is 1. The van der Waals surface area contributed by atoms with Crippen LogP contribution in [-0.4, -0.2) is 36.5 Å². The third-order valence-corrected chi connectivity index (χ3v) is 3.88. The van der Waals surface area contributed by atoms with Crippen LogP contribution in [0.3, 0.4) is 0 Å². The van der Waals surface area contributed by atoms with Crippen molar-refractivity contribution in [3.63, 3.8) is 0 Å². The first-order valence-electron chi connectivity index (χ1n) is 7.20. The lowest BCUT2D eigenvalue weighted by atomic mass is 10.2. The number of nitrogens with one attached hydrogen (secondary N) is 3. The van der Waals surface area contributed by atoms with Gasteiger partial charge in [0.1, 0.15) is 5.01 Å². The first-order chi connectivity index (χ1) is 10.0. The molecule has 6 nitrogen and oxygen atoms in total. The molecule has 1 rings (SSSR count). The molecular weight excluding hydrogens is 286 g/mol. The van der Waals surface area contributed by atoms with Gasteiger partial charge in [-0.3, -0.25) is 9.79 Å². The number of nitrogens with zero attached hydrogens (tertiary/aromatic N) is 2. The van der Waals surface area contributed by atoms with Crippen molar-refractivity contribution in [3.8, 4) is 0 Å². The average molecular weight is 311 g/mol. The Labute approximate surface area is 130 Å². The highest BCUT2D eigenvalue weighted by molar-refractivity contribution is 7.11. The predicted molar refractivity (Wildman–Crippen MR) is 87.6 cm³/mol. The number of rotatable bonds is 7. The maximum absolute atomic E-state index is 11.6. The molecule has 3 N–H and O–H groups in total. The zero-order valence-corrected chi connectivity index (χ0v) is 14.0. The Morgan fingerprint density at radius 1 is 1.48 bits per heavy atom. The summed E-state index contributed by atoms with van der Waals surface area (Å²) < 4.78 is 0. The number of aliphatic imine (C=N–C) groups is 1. The molecule has 0 aliphatic heterocycles. The molecule has 0 aliphatic rings. The number of aryl methyl sites for hydroxylation is 1. The fourth-order valence-corrected chi connectivity index (χ4v) is 2.33. The molecule has 1 atom stereocenters. The van der Waals surface area contributed by atoms with E-state index in [0.717, 1.165) is 11.4 Å². The normalized spacial score (nSPS) is 12.9. The van der Waals surface area contributed by atoms with E-state index in [9.17, 15) is 4.79 Å². The summed E-state index contributed by atoms with van der Waals surface area (Å²) in [5.41, 5.74) is 0. The molecule has 0 radical (unpaired) electrons. The van der Waals surface area contributed by atoms with Crippen LogP contribution in [0.25, 0.3) is 0 Å². The molecule has 1 aromatic heterocycles. The minimum atomic E-state index is 0.0582. The van der Waals surface area contributed by atoms with Crippen molar-refractivity contribution in [2.75, 3.05) is 13.6 Å². The maximum Gasteiger partial charge on any atom is 0.221 e. The van der Waals surface area contributed by atoms with Crippen molar-refractivity contribution in [2.24, 2.45) is 4.99 Å². The van der Waals surface area contributed by atoms with Crippen LogP contribution in [-0.2, 0) is 11.3 Å². The van der Waals surface area contributed by atoms with Gasteiger partial charge in [-0.2, -0.15) is 0 Å². The van der Waals surface area contributed by atoms with Crippen LogP contribution in [0, 0.1) is 6.92 Å². The number of amides is 1. The Morgan fingerprint density at radius 3 is 2.81 bits per heavy atom. The standard InChI is InChI=1S/C14H25N5OS/c1-5-10(2)19-12(20)6-7-16-14(15-4)18-9-13-17-8-11(3)21-13/h8,10H,5-7,9H2,1-4H3,(H,19,20)(H2,15,16,18). The Balaban J connectivity index is 2.24. The topological polar surface area (TPSA) is 78.4 Å². The summed E-state index contributed by atoms with van der Waals surface area (Å²) in [6, 6.07) is 0.225. The summed E-state index contributed by atoms with van der Waals surface area (Å²) in [5, 5.41) is 10.3. The Hall–Kier alpha value is -1.63. The molecule has 1 unspecified atom stereocenters. The van der Waals surface area contributed by atoms with Gasteiger partial charge in [-0.15, -0.1) is 11.3 Å². The molecule has 1 aromatic rings. The van der Waals surface area contributed by atoms with Crippen LogP contribution in [0.15, 0.2) is 11.2 Å². The number of hydrogen-bond acceptors (Lipinski definition) is 4. The van der Waals surface area contributed by atoms with E-state index in [0.29, 0.717) is 25.5 Å². The first-order valence-corrected chi connectivity index (χ1v) is 8.02. The van der Waals surface area contributed by atoms with E-state index in [4.69, 9.17) is 0 Å². The SMILES string of the molecule is CCC(C)NC(=O)CCNC(=NC)NCc1ncc(C)s1. The van der Waals surface area contributed by atoms with Gasteiger partial charge in [-0.25, -0.2) is 4.98 Å². The summed E-state index contributed by atoms with van der Waals surface area (Å²) in [6.45, 7) is 7.28. The fraction of sp³-hybridized carbons (Fsp3) is 0.643. The van der Waals surface area contributed by atoms with E-state index < -0.39 is 0 Å². The lowest BCUT2D eigenvalue weighted by molar-refractivity contribution is -0.121. The molecule has 0 aromatic carbocycles. The molecule has 1 amide bonds. The smallest absolute Gasteiger partial charge is 0.221 e. The molecule has 0 saturated heterocycles. The van der Waals surface area contributed by atoms with E-state index in [1.54, 1.807) is 18.4 Å². The summed E-state index contributed by atoms with van der Waals surface area (Å²) >= 11 is 1.66. The van der Waals surface area contributed by atoms with E-state index in [1.807, 2.05) is 20.0 Å². The van der Waals surface area contributed by atoms with Crippen LogP contribution >= 0.6 is 11.3 Å². The number of hydrogen-bond donors (Lipinski definition) is 3. The van der Waals surface area contributed by atoms with Gasteiger partial charge in [0.15, 0.2) is 5.96 Å². The largest absolute Gasteiger partial charge is 0.356 e. The van der Waals surface area contributed by atoms with Crippen molar-refractivity contribution in [3.05, 3.63) is 16.1 Å². The van der Waals surface area contributed by atoms with Crippen molar-refractivity contribution in [1.29, 1.82) is 0 Å². The number of aromatic nitrogens is 1. The minimum absolute atomic E-state index is 0.0582. The highest BCUT2D eigenvalue weighted by Crippen LogP contribution is 2.10. The summed E-state index contributed by atoms with van der Waals surface area (Å²) in [4.78, 5) is 21.2. The van der Waals surface area contributed by atoms with Crippen LogP contribution in [0.2, 0.25) is 0 Å². The van der Waals surface area contributed by atoms with E-state index in [-0.39, 0.29) is 11.9 Å². The molecule has 118 valence electrons. The zero-order valence-electron chi connectivity index (χ0n) is 13.2. The van der Waals surface area contributed by atoms with Gasteiger partial charge < -0.3 is 16.0 Å². The van der Waals surface area contributed by atoms with Crippen molar-refractivity contribution >= 4 is 23.2 Å². The van der Waals surface area contributed by atoms with Gasteiger partial charge in [0.05, 0.1) is 6.54 Å². The van der Waals surface area contributed by atoms with Crippen LogP contribution in [0.1, 0.15) is 36.6 Å². The molecule has 0 fully saturated rings. The Bertz CT molecular complexity index is 472. The lowest BCUT2D eigenvalue weighted by Crippen LogP contribution is -2.40. The molecule has 21 heavy (non-hydrogen) atoms. The zero-order chi connectivity index (χ0) is 15.7. The second-order valence-corrected chi connectivity index (χ2v) is 6.16. The Morgan fingerprint density at radius 2 is 2.24 bits per heavy atom. The summed E-state index contributed by atoms with van der Waals surface area (Å²) in [7, 11) is 1.71. The fourth-order valence-electron chi connectivity index (χ4n) is 1.61. The quantitative estimate of drug-likeness (QED) is 0.526. The number of guanidine groups is 1. The summed E-state index contributed by atoms with van der Waals surface area (Å²) in [5.74, 6) is 0.738.